The van der Waals surface area contributed by atoms with Gasteiger partial charge in [0.15, 0.2) is 9.84 Å². The van der Waals surface area contributed by atoms with Gasteiger partial charge in [0.1, 0.15) is 6.61 Å². The lowest BCUT2D eigenvalue weighted by atomic mass is 10.0. The first kappa shape index (κ1) is 22.3. The molecule has 1 N–H and O–H groups in total. The van der Waals surface area contributed by atoms with Crippen molar-refractivity contribution >= 4 is 21.5 Å². The highest BCUT2D eigenvalue weighted by Crippen LogP contribution is 2.24. The summed E-state index contributed by atoms with van der Waals surface area (Å²) in [6.07, 6.45) is 3.71. The van der Waals surface area contributed by atoms with E-state index in [9.17, 15) is 13.2 Å². The smallest absolute Gasteiger partial charge is 0.364 e. The molecule has 1 aliphatic rings. The third kappa shape index (κ3) is 6.29. The molecule has 0 aromatic heterocycles. The summed E-state index contributed by atoms with van der Waals surface area (Å²) in [4.78, 5) is 16.6. The van der Waals surface area contributed by atoms with Crippen LogP contribution < -0.4 is 0 Å². The fourth-order valence-electron chi connectivity index (χ4n) is 2.67. The molecule has 156 valence electrons. The van der Waals surface area contributed by atoms with Gasteiger partial charge in [-0.3, -0.25) is 0 Å². The van der Waals surface area contributed by atoms with Gasteiger partial charge in [0.25, 0.3) is 5.79 Å². The third-order valence-electron chi connectivity index (χ3n) is 4.58. The van der Waals surface area contributed by atoms with Crippen molar-refractivity contribution in [3.05, 3.63) is 29.8 Å². The molecule has 1 heterocycles. The Kier molecular flexibility index (Phi) is 7.56. The molecule has 1 aromatic rings. The van der Waals surface area contributed by atoms with Gasteiger partial charge < -0.3 is 19.4 Å². The average Bonchev–Trinajstić information content (AvgIpc) is 2.65. The second kappa shape index (κ2) is 9.49. The maximum Gasteiger partial charge on any atom is 0.364 e. The van der Waals surface area contributed by atoms with Crippen LogP contribution in [0.2, 0.25) is 0 Å². The largest absolute Gasteiger partial charge is 0.477 e. The molecule has 0 amide bonds. The molecule has 0 unspecified atom stereocenters. The highest BCUT2D eigenvalue weighted by Gasteiger charge is 2.40. The number of hydrogen-bond acceptors (Lipinski definition) is 7. The summed E-state index contributed by atoms with van der Waals surface area (Å²) in [6.45, 7) is 4.40. The quantitative estimate of drug-likeness (QED) is 0.376. The summed E-state index contributed by atoms with van der Waals surface area (Å²) in [5.74, 6) is -2.48. The van der Waals surface area contributed by atoms with Crippen molar-refractivity contribution in [1.82, 2.24) is 0 Å². The first-order valence-electron chi connectivity index (χ1n) is 9.10. The minimum atomic E-state index is -3.21. The van der Waals surface area contributed by atoms with Crippen molar-refractivity contribution in [1.29, 1.82) is 0 Å². The molecule has 28 heavy (non-hydrogen) atoms. The number of carboxylic acid groups (broad SMARTS) is 1. The number of nitrogens with zero attached hydrogens (tertiary/aromatic N) is 1. The number of rotatable bonds is 9. The lowest BCUT2D eigenvalue weighted by Gasteiger charge is -2.34. The van der Waals surface area contributed by atoms with E-state index in [1.807, 2.05) is 0 Å². The van der Waals surface area contributed by atoms with Gasteiger partial charge in [-0.05, 0) is 43.9 Å². The summed E-state index contributed by atoms with van der Waals surface area (Å²) >= 11 is 0. The van der Waals surface area contributed by atoms with E-state index in [0.717, 1.165) is 24.8 Å². The monoisotopic (exact) mass is 413 g/mol. The molecule has 8 nitrogen and oxygen atoms in total. The summed E-state index contributed by atoms with van der Waals surface area (Å²) in [6, 6.07) is 6.50. The highest BCUT2D eigenvalue weighted by atomic mass is 32.2. The van der Waals surface area contributed by atoms with Crippen LogP contribution in [0.1, 0.15) is 38.7 Å². The van der Waals surface area contributed by atoms with Gasteiger partial charge in [0.05, 0.1) is 23.8 Å². The molecule has 2 rings (SSSR count). The molecule has 0 bridgehead atoms. The van der Waals surface area contributed by atoms with Crippen LogP contribution in [0, 0.1) is 5.92 Å². The molecule has 0 aliphatic carbocycles. The van der Waals surface area contributed by atoms with Gasteiger partial charge in [-0.15, -0.1) is 0 Å². The van der Waals surface area contributed by atoms with Crippen LogP contribution in [0.5, 0.6) is 0 Å². The maximum absolute atomic E-state index is 11.5. The Morgan fingerprint density at radius 1 is 1.25 bits per heavy atom. The van der Waals surface area contributed by atoms with Crippen molar-refractivity contribution in [2.75, 3.05) is 26.1 Å². The van der Waals surface area contributed by atoms with Gasteiger partial charge in [-0.25, -0.2) is 13.2 Å². The number of carboxylic acids is 1. The van der Waals surface area contributed by atoms with Gasteiger partial charge >= 0.3 is 5.97 Å². The first-order valence-corrected chi connectivity index (χ1v) is 11.0. The predicted molar refractivity (Wildman–Crippen MR) is 103 cm³/mol. The Balaban J connectivity index is 1.67. The van der Waals surface area contributed by atoms with Crippen molar-refractivity contribution in [2.45, 2.75) is 43.8 Å². The molecular formula is C19H27NO7S. The number of benzene rings is 1. The van der Waals surface area contributed by atoms with Crippen LogP contribution in [-0.4, -0.2) is 57.1 Å². The van der Waals surface area contributed by atoms with E-state index in [0.29, 0.717) is 25.5 Å². The first-order chi connectivity index (χ1) is 13.1. The lowest BCUT2D eigenvalue weighted by molar-refractivity contribution is -0.271. The number of aliphatic carboxylic acids is 1. The molecule has 0 atom stereocenters. The van der Waals surface area contributed by atoms with Gasteiger partial charge in [0.2, 0.25) is 0 Å². The standard InChI is InChI=1S/C19H27NO7S/c1-14(16-7-9-17(10-8-16)28(3,23)24)20-27-11-5-4-6-15-12-25-19(2,18(21)22)26-13-15/h7-10,15H,4-6,11-13H2,1-3H3,(H,21,22). The van der Waals surface area contributed by atoms with Crippen molar-refractivity contribution in [3.8, 4) is 0 Å². The van der Waals surface area contributed by atoms with E-state index in [1.54, 1.807) is 31.2 Å². The fraction of sp³-hybridized carbons (Fsp3) is 0.579. The van der Waals surface area contributed by atoms with E-state index >= 15 is 0 Å². The van der Waals surface area contributed by atoms with Crippen LogP contribution in [0.25, 0.3) is 0 Å². The van der Waals surface area contributed by atoms with Crippen molar-refractivity contribution < 1.29 is 32.6 Å². The SMILES string of the molecule is CC(=NOCCCCC1COC(C)(C(=O)O)OC1)c1ccc(S(C)(=O)=O)cc1. The molecule has 9 heteroatoms. The predicted octanol–water partition coefficient (Wildman–Crippen LogP) is 2.46. The normalized spacial score (nSPS) is 23.4. The van der Waals surface area contributed by atoms with Crippen LogP contribution in [0.3, 0.4) is 0 Å². The zero-order valence-corrected chi connectivity index (χ0v) is 17.2. The van der Waals surface area contributed by atoms with Gasteiger partial charge in [-0.1, -0.05) is 17.3 Å². The minimum Gasteiger partial charge on any atom is -0.477 e. The maximum atomic E-state index is 11.5. The van der Waals surface area contributed by atoms with E-state index in [2.05, 4.69) is 5.16 Å². The summed E-state index contributed by atoms with van der Waals surface area (Å²) in [7, 11) is -3.21. The molecule has 0 spiro atoms. The molecule has 1 saturated heterocycles. The average molecular weight is 413 g/mol. The Hall–Kier alpha value is -1.97. The van der Waals surface area contributed by atoms with E-state index in [-0.39, 0.29) is 10.8 Å². The molecular weight excluding hydrogens is 386 g/mol. The van der Waals surface area contributed by atoms with E-state index < -0.39 is 21.6 Å². The number of carbonyl (C=O) groups is 1. The number of sulfone groups is 1. The number of ether oxygens (including phenoxy) is 2. The summed E-state index contributed by atoms with van der Waals surface area (Å²) in [5.41, 5.74) is 1.47. The minimum absolute atomic E-state index is 0.172. The molecule has 1 aliphatic heterocycles. The van der Waals surface area contributed by atoms with Gasteiger partial charge in [-0.2, -0.15) is 0 Å². The van der Waals surface area contributed by atoms with Crippen LogP contribution in [0.15, 0.2) is 34.3 Å². The highest BCUT2D eigenvalue weighted by molar-refractivity contribution is 7.90. The summed E-state index contributed by atoms with van der Waals surface area (Å²) < 4.78 is 33.6. The lowest BCUT2D eigenvalue weighted by Crippen LogP contribution is -2.47. The molecule has 1 aromatic carbocycles. The Bertz CT molecular complexity index is 794. The van der Waals surface area contributed by atoms with Gasteiger partial charge in [0, 0.05) is 19.1 Å². The zero-order chi connectivity index (χ0) is 20.8. The molecule has 0 radical (unpaired) electrons. The number of oxime groups is 1. The van der Waals surface area contributed by atoms with Crippen LogP contribution >= 0.6 is 0 Å². The number of unbranched alkanes of at least 4 members (excludes halogenated alkanes) is 1. The Morgan fingerprint density at radius 2 is 1.86 bits per heavy atom. The van der Waals surface area contributed by atoms with Crippen molar-refractivity contribution in [2.24, 2.45) is 11.1 Å². The second-order valence-corrected chi connectivity index (χ2v) is 9.06. The van der Waals surface area contributed by atoms with E-state index in [4.69, 9.17) is 19.4 Å². The molecule has 1 fully saturated rings. The van der Waals surface area contributed by atoms with E-state index in [1.165, 1.54) is 13.2 Å². The van der Waals surface area contributed by atoms with Crippen LogP contribution in [0.4, 0.5) is 0 Å². The molecule has 0 saturated carbocycles. The topological polar surface area (TPSA) is 111 Å². The summed E-state index contributed by atoms with van der Waals surface area (Å²) in [5, 5.41) is 13.1. The van der Waals surface area contributed by atoms with Crippen molar-refractivity contribution in [3.63, 3.8) is 0 Å². The second-order valence-electron chi connectivity index (χ2n) is 7.04. The number of hydrogen-bond donors (Lipinski definition) is 1. The Labute approximate surface area is 165 Å². The third-order valence-corrected chi connectivity index (χ3v) is 5.71. The Morgan fingerprint density at radius 3 is 2.39 bits per heavy atom. The fourth-order valence-corrected chi connectivity index (χ4v) is 3.30. The van der Waals surface area contributed by atoms with Crippen LogP contribution in [-0.2, 0) is 28.9 Å². The zero-order valence-electron chi connectivity index (χ0n) is 16.4.